The van der Waals surface area contributed by atoms with Crippen molar-refractivity contribution in [2.45, 2.75) is 54.9 Å². The van der Waals surface area contributed by atoms with Crippen LogP contribution in [0.25, 0.3) is 0 Å². The van der Waals surface area contributed by atoms with Gasteiger partial charge in [0, 0.05) is 17.6 Å². The van der Waals surface area contributed by atoms with Gasteiger partial charge in [0.05, 0.1) is 5.41 Å². The summed E-state index contributed by atoms with van der Waals surface area (Å²) >= 11 is 0. The Bertz CT molecular complexity index is 1020. The molecule has 0 atom stereocenters. The van der Waals surface area contributed by atoms with Crippen LogP contribution >= 0.6 is 0 Å². The van der Waals surface area contributed by atoms with Gasteiger partial charge in [-0.2, -0.15) is 8.42 Å². The Morgan fingerprint density at radius 3 is 2.59 bits per heavy atom. The van der Waals surface area contributed by atoms with Crippen molar-refractivity contribution in [2.24, 2.45) is 0 Å². The Hall–Kier alpha value is -2.41. The molecule has 2 saturated carbocycles. The van der Waals surface area contributed by atoms with Crippen LogP contribution in [0.15, 0.2) is 41.6 Å². The second kappa shape index (κ2) is 5.79. The van der Waals surface area contributed by atoms with Gasteiger partial charge in [-0.05, 0) is 67.0 Å². The van der Waals surface area contributed by atoms with Crippen molar-refractivity contribution in [1.29, 1.82) is 0 Å². The minimum atomic E-state index is -3.77. The maximum Gasteiger partial charge on any atom is 0.279 e. The predicted molar refractivity (Wildman–Crippen MR) is 102 cm³/mol. The van der Waals surface area contributed by atoms with Crippen LogP contribution in [0.3, 0.4) is 0 Å². The van der Waals surface area contributed by atoms with Crippen LogP contribution in [-0.4, -0.2) is 19.3 Å². The number of carbonyl (C=O) groups is 1. The third-order valence-corrected chi connectivity index (χ3v) is 7.29. The smallest absolute Gasteiger partial charge is 0.279 e. The maximum atomic E-state index is 12.8. The number of pyridine rings is 1. The molecule has 0 radical (unpaired) electrons. The average molecular weight is 383 g/mol. The van der Waals surface area contributed by atoms with Crippen molar-refractivity contribution < 1.29 is 13.2 Å². The van der Waals surface area contributed by atoms with E-state index in [0.717, 1.165) is 55.3 Å². The van der Waals surface area contributed by atoms with Crippen LogP contribution < -0.4 is 10.0 Å². The zero-order valence-electron chi connectivity index (χ0n) is 14.9. The molecule has 1 aromatic heterocycles. The normalized spacial score (nSPS) is 20.5. The highest BCUT2D eigenvalue weighted by Gasteiger charge is 2.50. The number of benzene rings is 1. The summed E-state index contributed by atoms with van der Waals surface area (Å²) in [5.74, 6) is 0.469. The lowest BCUT2D eigenvalue weighted by molar-refractivity contribution is -0.120. The van der Waals surface area contributed by atoms with Crippen LogP contribution in [0.4, 0.5) is 11.4 Å². The molecule has 0 bridgehead atoms. The van der Waals surface area contributed by atoms with Gasteiger partial charge in [-0.25, -0.2) is 4.98 Å². The fourth-order valence-electron chi connectivity index (χ4n) is 4.50. The monoisotopic (exact) mass is 383 g/mol. The highest BCUT2D eigenvalue weighted by atomic mass is 32.2. The van der Waals surface area contributed by atoms with Gasteiger partial charge in [-0.15, -0.1) is 0 Å². The van der Waals surface area contributed by atoms with E-state index in [0.29, 0.717) is 11.6 Å². The first kappa shape index (κ1) is 16.7. The number of hydrogen-bond donors (Lipinski definition) is 2. The van der Waals surface area contributed by atoms with Gasteiger partial charge in [-0.1, -0.05) is 18.9 Å². The van der Waals surface area contributed by atoms with E-state index < -0.39 is 15.4 Å². The summed E-state index contributed by atoms with van der Waals surface area (Å²) < 4.78 is 28.1. The first-order valence-corrected chi connectivity index (χ1v) is 10.9. The number of rotatable bonds is 4. The third kappa shape index (κ3) is 2.64. The topological polar surface area (TPSA) is 88.2 Å². The minimum absolute atomic E-state index is 0.0109. The molecule has 3 aliphatic rings. The summed E-state index contributed by atoms with van der Waals surface area (Å²) in [6.07, 6.45) is 7.31. The largest absolute Gasteiger partial charge is 0.325 e. The highest BCUT2D eigenvalue weighted by Crippen LogP contribution is 2.54. The molecule has 140 valence electrons. The molecule has 27 heavy (non-hydrogen) atoms. The summed E-state index contributed by atoms with van der Waals surface area (Å²) in [7, 11) is -3.77. The molecule has 0 saturated heterocycles. The number of nitrogens with zero attached hydrogens (tertiary/aromatic N) is 1. The zero-order valence-corrected chi connectivity index (χ0v) is 15.7. The number of aromatic nitrogens is 1. The van der Waals surface area contributed by atoms with Crippen molar-refractivity contribution in [1.82, 2.24) is 4.98 Å². The van der Waals surface area contributed by atoms with Gasteiger partial charge in [0.25, 0.3) is 10.0 Å². The number of carbonyl (C=O) groups excluding carboxylic acids is 1. The minimum Gasteiger partial charge on any atom is -0.325 e. The summed E-state index contributed by atoms with van der Waals surface area (Å²) in [5, 5.41) is 3.10. The van der Waals surface area contributed by atoms with Gasteiger partial charge in [0.15, 0.2) is 5.03 Å². The Morgan fingerprint density at radius 2 is 1.93 bits per heavy atom. The molecule has 1 amide bonds. The van der Waals surface area contributed by atoms with Crippen LogP contribution in [0.1, 0.15) is 55.6 Å². The van der Waals surface area contributed by atoms with E-state index in [1.165, 1.54) is 12.3 Å². The number of amides is 1. The third-order valence-electron chi connectivity index (χ3n) is 6.00. The van der Waals surface area contributed by atoms with E-state index in [-0.39, 0.29) is 10.9 Å². The Kier molecular flexibility index (Phi) is 3.59. The lowest BCUT2D eigenvalue weighted by atomic mass is 9.79. The number of fused-ring (bicyclic) bond motifs is 2. The van der Waals surface area contributed by atoms with Crippen molar-refractivity contribution in [3.63, 3.8) is 0 Å². The van der Waals surface area contributed by atoms with Crippen LogP contribution in [0.2, 0.25) is 0 Å². The zero-order chi connectivity index (χ0) is 18.6. The Morgan fingerprint density at radius 1 is 1.15 bits per heavy atom. The first-order valence-electron chi connectivity index (χ1n) is 9.43. The van der Waals surface area contributed by atoms with E-state index in [1.54, 1.807) is 12.1 Å². The molecule has 0 unspecified atom stereocenters. The molecule has 5 rings (SSSR count). The second-order valence-electron chi connectivity index (χ2n) is 7.78. The van der Waals surface area contributed by atoms with Gasteiger partial charge < -0.3 is 5.32 Å². The van der Waals surface area contributed by atoms with Gasteiger partial charge >= 0.3 is 0 Å². The number of nitrogens with one attached hydrogen (secondary N) is 2. The molecule has 2 fully saturated rings. The lowest BCUT2D eigenvalue weighted by Gasteiger charge is -2.22. The van der Waals surface area contributed by atoms with Gasteiger partial charge in [0.2, 0.25) is 5.91 Å². The second-order valence-corrected chi connectivity index (χ2v) is 9.41. The summed E-state index contributed by atoms with van der Waals surface area (Å²) in [6.45, 7) is 0. The van der Waals surface area contributed by atoms with Gasteiger partial charge in [0.1, 0.15) is 0 Å². The summed E-state index contributed by atoms with van der Waals surface area (Å²) in [5.41, 5.74) is 2.97. The molecule has 2 aliphatic carbocycles. The van der Waals surface area contributed by atoms with Crippen molar-refractivity contribution >= 4 is 27.3 Å². The number of hydrogen-bond acceptors (Lipinski definition) is 4. The quantitative estimate of drug-likeness (QED) is 0.845. The van der Waals surface area contributed by atoms with Gasteiger partial charge in [-0.3, -0.25) is 9.52 Å². The van der Waals surface area contributed by atoms with Crippen molar-refractivity contribution in [3.8, 4) is 0 Å². The van der Waals surface area contributed by atoms with E-state index >= 15 is 0 Å². The SMILES string of the molecule is O=C1Nc2c(C3CC3)cc(NS(=O)(=O)c3ccccn3)cc2C12CCCC2. The summed E-state index contributed by atoms with van der Waals surface area (Å²) in [6, 6.07) is 8.54. The van der Waals surface area contributed by atoms with E-state index in [9.17, 15) is 13.2 Å². The highest BCUT2D eigenvalue weighted by molar-refractivity contribution is 7.92. The van der Waals surface area contributed by atoms with Crippen molar-refractivity contribution in [3.05, 3.63) is 47.7 Å². The van der Waals surface area contributed by atoms with E-state index in [4.69, 9.17) is 0 Å². The predicted octanol–water partition coefficient (Wildman–Crippen LogP) is 3.52. The molecule has 7 heteroatoms. The standard InChI is InChI=1S/C20H21N3O3S/c24-19-20(8-2-3-9-20)16-12-14(11-15(13-6-7-13)18(16)22-19)23-27(25,26)17-5-1-4-10-21-17/h1,4-5,10-13,23H,2-3,6-9H2,(H,22,24). The maximum absolute atomic E-state index is 12.8. The average Bonchev–Trinajstić information content (AvgIpc) is 3.32. The number of sulfonamides is 1. The number of anilines is 2. The van der Waals surface area contributed by atoms with E-state index in [2.05, 4.69) is 15.0 Å². The molecule has 6 nitrogen and oxygen atoms in total. The fourth-order valence-corrected chi connectivity index (χ4v) is 5.49. The fraction of sp³-hybridized carbons (Fsp3) is 0.400. The molecule has 2 aromatic rings. The molecule has 1 spiro atoms. The Labute approximate surface area is 158 Å². The van der Waals surface area contributed by atoms with Crippen LogP contribution in [-0.2, 0) is 20.2 Å². The van der Waals surface area contributed by atoms with E-state index in [1.807, 2.05) is 12.1 Å². The Balaban J connectivity index is 1.60. The molecule has 2 heterocycles. The van der Waals surface area contributed by atoms with Crippen LogP contribution in [0.5, 0.6) is 0 Å². The first-order chi connectivity index (χ1) is 13.0. The molecular weight excluding hydrogens is 362 g/mol. The molecule has 2 N–H and O–H groups in total. The molecular formula is C20H21N3O3S. The molecule has 1 aromatic carbocycles. The molecule has 1 aliphatic heterocycles. The van der Waals surface area contributed by atoms with Crippen LogP contribution in [0, 0.1) is 0 Å². The summed E-state index contributed by atoms with van der Waals surface area (Å²) in [4.78, 5) is 16.8. The lowest BCUT2D eigenvalue weighted by Crippen LogP contribution is -2.31. The van der Waals surface area contributed by atoms with Crippen molar-refractivity contribution in [2.75, 3.05) is 10.0 Å².